The minimum absolute atomic E-state index is 0.0110. The van der Waals surface area contributed by atoms with Gasteiger partial charge in [-0.05, 0) is 90.8 Å². The van der Waals surface area contributed by atoms with Crippen molar-refractivity contribution in [3.63, 3.8) is 0 Å². The highest BCUT2D eigenvalue weighted by atomic mass is 32.2. The van der Waals surface area contributed by atoms with Gasteiger partial charge in [-0.1, -0.05) is 6.07 Å². The number of nitrogens with two attached hydrogens (primary N) is 1. The summed E-state index contributed by atoms with van der Waals surface area (Å²) in [5, 5.41) is 16.8. The fourth-order valence-electron chi connectivity index (χ4n) is 4.72. The Morgan fingerprint density at radius 1 is 1.08 bits per heavy atom. The van der Waals surface area contributed by atoms with Crippen LogP contribution in [-0.4, -0.2) is 52.5 Å². The van der Waals surface area contributed by atoms with E-state index in [1.807, 2.05) is 0 Å². The van der Waals surface area contributed by atoms with Crippen molar-refractivity contribution in [3.8, 4) is 0 Å². The number of hydrogen-bond donors (Lipinski definition) is 1. The van der Waals surface area contributed by atoms with Gasteiger partial charge in [0.15, 0.2) is 5.82 Å². The summed E-state index contributed by atoms with van der Waals surface area (Å²) in [5.41, 5.74) is 0.416. The number of carbonyl (C=O) groups excluding carboxylic acids is 1. The number of alkyl halides is 3. The smallest absolute Gasteiger partial charge is 0.343 e. The minimum Gasteiger partial charge on any atom is -0.343 e. The molecule has 210 valence electrons. The van der Waals surface area contributed by atoms with E-state index in [1.54, 1.807) is 11.8 Å². The molecule has 0 bridgehead atoms. The van der Waals surface area contributed by atoms with Crippen LogP contribution in [0.15, 0.2) is 41.3 Å². The zero-order chi connectivity index (χ0) is 28.4. The van der Waals surface area contributed by atoms with E-state index in [0.29, 0.717) is 49.3 Å². The Balaban J connectivity index is 1.36. The number of aryl methyl sites for hydroxylation is 2. The maximum absolute atomic E-state index is 14.3. The molecule has 2 heterocycles. The van der Waals surface area contributed by atoms with Crippen molar-refractivity contribution >= 4 is 15.9 Å². The van der Waals surface area contributed by atoms with Gasteiger partial charge in [0.1, 0.15) is 5.82 Å². The lowest BCUT2D eigenvalue weighted by Crippen LogP contribution is -2.39. The molecule has 0 aliphatic carbocycles. The molecule has 2 aromatic carbocycles. The first-order valence-electron chi connectivity index (χ1n) is 12.3. The van der Waals surface area contributed by atoms with Gasteiger partial charge in [-0.15, -0.1) is 10.2 Å². The van der Waals surface area contributed by atoms with Gasteiger partial charge in [0.05, 0.1) is 17.0 Å². The number of piperidine rings is 1. The molecule has 2 N–H and O–H groups in total. The predicted octanol–water partition coefficient (Wildman–Crippen LogP) is 3.25. The number of likely N-dealkylation sites (tertiary alicyclic amines) is 1. The molecule has 1 aromatic heterocycles. The molecule has 0 unspecified atom stereocenters. The molecular formula is C25H28F4N6O3S. The lowest BCUT2D eigenvalue weighted by atomic mass is 9.89. The number of halogens is 4. The number of rotatable bonds is 8. The first kappa shape index (κ1) is 28.6. The molecule has 3 aromatic rings. The number of benzene rings is 2. The normalized spacial score (nSPS) is 15.1. The number of tetrazole rings is 1. The zero-order valence-corrected chi connectivity index (χ0v) is 22.0. The van der Waals surface area contributed by atoms with Crippen molar-refractivity contribution in [1.29, 1.82) is 0 Å². The number of hydrogen-bond acceptors (Lipinski definition) is 6. The third-order valence-corrected chi connectivity index (χ3v) is 7.74. The fourth-order valence-corrected chi connectivity index (χ4v) is 5.28. The highest BCUT2D eigenvalue weighted by Crippen LogP contribution is 2.31. The van der Waals surface area contributed by atoms with E-state index >= 15 is 0 Å². The second-order valence-corrected chi connectivity index (χ2v) is 11.2. The van der Waals surface area contributed by atoms with Gasteiger partial charge < -0.3 is 4.90 Å². The molecule has 1 amide bonds. The molecule has 1 aliphatic heterocycles. The first-order chi connectivity index (χ1) is 18.3. The summed E-state index contributed by atoms with van der Waals surface area (Å²) in [5.74, 6) is -0.192. The second-order valence-electron chi connectivity index (χ2n) is 9.67. The van der Waals surface area contributed by atoms with Crippen LogP contribution in [0.3, 0.4) is 0 Å². The number of carbonyl (C=O) groups is 1. The van der Waals surface area contributed by atoms with Crippen LogP contribution in [0.2, 0.25) is 0 Å². The lowest BCUT2D eigenvalue weighted by Gasteiger charge is -2.32. The van der Waals surface area contributed by atoms with Crippen LogP contribution in [0, 0.1) is 18.7 Å². The van der Waals surface area contributed by atoms with E-state index in [1.165, 1.54) is 16.9 Å². The molecule has 1 aliphatic rings. The summed E-state index contributed by atoms with van der Waals surface area (Å²) >= 11 is 0. The Bertz CT molecular complexity index is 1450. The van der Waals surface area contributed by atoms with Crippen molar-refractivity contribution in [2.24, 2.45) is 11.1 Å². The largest absolute Gasteiger partial charge is 0.416 e. The van der Waals surface area contributed by atoms with Gasteiger partial charge in [0.25, 0.3) is 0 Å². The molecule has 4 rings (SSSR count). The van der Waals surface area contributed by atoms with Gasteiger partial charge in [-0.3, -0.25) is 4.79 Å². The van der Waals surface area contributed by atoms with Crippen LogP contribution in [-0.2, 0) is 40.4 Å². The van der Waals surface area contributed by atoms with Crippen molar-refractivity contribution < 1.29 is 30.8 Å². The molecule has 9 nitrogen and oxygen atoms in total. The molecule has 0 spiro atoms. The predicted molar refractivity (Wildman–Crippen MR) is 132 cm³/mol. The van der Waals surface area contributed by atoms with Crippen LogP contribution >= 0.6 is 0 Å². The molecular weight excluding hydrogens is 540 g/mol. The topological polar surface area (TPSA) is 124 Å². The zero-order valence-electron chi connectivity index (χ0n) is 21.2. The van der Waals surface area contributed by atoms with E-state index in [0.717, 1.165) is 24.3 Å². The van der Waals surface area contributed by atoms with Crippen molar-refractivity contribution in [2.45, 2.75) is 56.6 Å². The average Bonchev–Trinajstić information content (AvgIpc) is 3.28. The summed E-state index contributed by atoms with van der Waals surface area (Å²) in [7, 11) is -3.95. The number of primary sulfonamides is 1. The maximum atomic E-state index is 14.3. The summed E-state index contributed by atoms with van der Waals surface area (Å²) in [6.07, 6.45) is -2.63. The van der Waals surface area contributed by atoms with Crippen molar-refractivity contribution in [1.82, 2.24) is 25.1 Å². The maximum Gasteiger partial charge on any atom is 0.416 e. The highest BCUT2D eigenvalue weighted by molar-refractivity contribution is 7.89. The van der Waals surface area contributed by atoms with E-state index in [2.05, 4.69) is 15.4 Å². The third kappa shape index (κ3) is 7.38. The number of amides is 1. The standard InChI is InChI=1S/C25H28F4N6O3S/c1-16-31-33-35(32-16)15-20-13-21(25(27,28)29)4-2-18(20)3-7-24(36)34-10-8-17(9-11-34)12-19-14-22(39(30,37)38)5-6-23(19)26/h2,4-6,13-14,17H,3,7-12,15H2,1H3,(H2,30,37,38). The molecule has 14 heteroatoms. The molecule has 0 radical (unpaired) electrons. The van der Waals surface area contributed by atoms with Crippen LogP contribution in [0.5, 0.6) is 0 Å². The van der Waals surface area contributed by atoms with E-state index in [4.69, 9.17) is 5.14 Å². The van der Waals surface area contributed by atoms with E-state index < -0.39 is 27.6 Å². The number of nitrogens with zero attached hydrogens (tertiary/aromatic N) is 5. The third-order valence-electron chi connectivity index (χ3n) is 6.83. The number of aromatic nitrogens is 4. The Kier molecular flexibility index (Phi) is 8.35. The van der Waals surface area contributed by atoms with Crippen LogP contribution in [0.25, 0.3) is 0 Å². The fraction of sp³-hybridized carbons (Fsp3) is 0.440. The van der Waals surface area contributed by atoms with Gasteiger partial charge in [0.2, 0.25) is 15.9 Å². The minimum atomic E-state index is -4.51. The Hall–Kier alpha value is -3.39. The van der Waals surface area contributed by atoms with E-state index in [9.17, 15) is 30.8 Å². The summed E-state index contributed by atoms with van der Waals surface area (Å²) in [6, 6.07) is 6.89. The Morgan fingerprint density at radius 3 is 2.41 bits per heavy atom. The Labute approximate surface area is 223 Å². The van der Waals surface area contributed by atoms with Crippen LogP contribution in [0.4, 0.5) is 17.6 Å². The molecule has 0 saturated carbocycles. The molecule has 39 heavy (non-hydrogen) atoms. The van der Waals surface area contributed by atoms with Gasteiger partial charge >= 0.3 is 6.18 Å². The second kappa shape index (κ2) is 11.4. The Morgan fingerprint density at radius 2 is 1.79 bits per heavy atom. The monoisotopic (exact) mass is 568 g/mol. The SMILES string of the molecule is Cc1nnn(Cc2cc(C(F)(F)F)ccc2CCC(=O)N2CCC(Cc3cc(S(N)(=O)=O)ccc3F)CC2)n1. The molecule has 1 saturated heterocycles. The van der Waals surface area contributed by atoms with Gasteiger partial charge in [0, 0.05) is 19.5 Å². The first-order valence-corrected chi connectivity index (χ1v) is 13.9. The summed E-state index contributed by atoms with van der Waals surface area (Å²) < 4.78 is 77.4. The summed E-state index contributed by atoms with van der Waals surface area (Å²) in [6.45, 7) is 2.50. The average molecular weight is 569 g/mol. The molecule has 1 fully saturated rings. The summed E-state index contributed by atoms with van der Waals surface area (Å²) in [4.78, 5) is 15.7. The van der Waals surface area contributed by atoms with Crippen LogP contribution in [0.1, 0.15) is 47.3 Å². The van der Waals surface area contributed by atoms with Gasteiger partial charge in [-0.25, -0.2) is 17.9 Å². The van der Waals surface area contributed by atoms with E-state index in [-0.39, 0.29) is 41.7 Å². The number of sulfonamides is 1. The van der Waals surface area contributed by atoms with Crippen molar-refractivity contribution in [3.05, 3.63) is 70.3 Å². The quantitative estimate of drug-likeness (QED) is 0.416. The van der Waals surface area contributed by atoms with Gasteiger partial charge in [-0.2, -0.15) is 18.0 Å². The van der Waals surface area contributed by atoms with Crippen molar-refractivity contribution in [2.75, 3.05) is 13.1 Å². The lowest BCUT2D eigenvalue weighted by molar-refractivity contribution is -0.137. The molecule has 0 atom stereocenters. The highest BCUT2D eigenvalue weighted by Gasteiger charge is 2.31. The van der Waals surface area contributed by atoms with Crippen LogP contribution < -0.4 is 5.14 Å².